The van der Waals surface area contributed by atoms with Gasteiger partial charge in [0.2, 0.25) is 17.7 Å². The molecule has 1 spiro atoms. The Morgan fingerprint density at radius 2 is 1.63 bits per heavy atom. The van der Waals surface area contributed by atoms with Crippen molar-refractivity contribution in [1.82, 2.24) is 4.90 Å². The van der Waals surface area contributed by atoms with Gasteiger partial charge < -0.3 is 30.3 Å². The summed E-state index contributed by atoms with van der Waals surface area (Å²) in [5.41, 5.74) is 0.305. The summed E-state index contributed by atoms with van der Waals surface area (Å²) in [6.45, 7) is 7.49. The predicted octanol–water partition coefficient (Wildman–Crippen LogP) is 2.87. The first-order valence-corrected chi connectivity index (χ1v) is 13.4. The van der Waals surface area contributed by atoms with Gasteiger partial charge in [0, 0.05) is 36.7 Å². The van der Waals surface area contributed by atoms with Crippen molar-refractivity contribution in [1.29, 1.82) is 0 Å². The molecular weight excluding hydrogens is 484 g/mol. The molecule has 2 unspecified atom stereocenters. The van der Waals surface area contributed by atoms with E-state index in [1.165, 1.54) is 4.90 Å². The molecule has 5 atom stereocenters. The number of hydrogen-bond acceptors (Lipinski definition) is 6. The predicted molar refractivity (Wildman–Crippen MR) is 145 cm³/mol. The van der Waals surface area contributed by atoms with Crippen molar-refractivity contribution in [2.45, 2.75) is 50.9 Å². The van der Waals surface area contributed by atoms with Crippen molar-refractivity contribution in [2.75, 3.05) is 41.8 Å². The fraction of sp³-hybridized carbons (Fsp3) is 0.483. The largest absolute Gasteiger partial charge is 0.395 e. The van der Waals surface area contributed by atoms with Crippen LogP contribution in [0.1, 0.15) is 33.6 Å². The van der Waals surface area contributed by atoms with Crippen molar-refractivity contribution >= 4 is 34.8 Å². The number of rotatable bonds is 9. The molecular formula is C29H36N4O5. The van der Waals surface area contributed by atoms with Gasteiger partial charge in [0.15, 0.2) is 0 Å². The lowest BCUT2D eigenvalue weighted by Gasteiger charge is -2.33. The first kappa shape index (κ1) is 26.2. The summed E-state index contributed by atoms with van der Waals surface area (Å²) >= 11 is 0. The highest BCUT2D eigenvalue weighted by atomic mass is 16.5. The molecule has 3 saturated heterocycles. The third-order valence-corrected chi connectivity index (χ3v) is 8.45. The standard InChI is InChI=1S/C29H36N4O5/c1-4-32(5-2)21-13-11-20(12-14-21)31-26(36)24-29-16-15-28(3,38-29)22(23(29)27(37)33(24)17-18-34)25(35)30-19-9-7-6-8-10-19/h6-14,22-24,34H,4-5,15-18H2,1-3H3,(H,30,35)(H,31,36)/t22-,23+,24?,28+,29?/m1/s1. The number of β-amino-alcohol motifs (C(OH)–C–C–N with tert-alkyl or cyclic N) is 1. The number of anilines is 3. The summed E-state index contributed by atoms with van der Waals surface area (Å²) in [4.78, 5) is 44.7. The summed E-state index contributed by atoms with van der Waals surface area (Å²) in [5.74, 6) is -2.56. The number of likely N-dealkylation sites (tertiary alicyclic amines) is 1. The average molecular weight is 521 g/mol. The normalized spacial score (nSPS) is 29.3. The summed E-state index contributed by atoms with van der Waals surface area (Å²) in [7, 11) is 0. The number of ether oxygens (including phenoxy) is 1. The Labute approximate surface area is 223 Å². The number of fused-ring (bicyclic) bond motifs is 1. The Hall–Kier alpha value is -3.43. The van der Waals surface area contributed by atoms with E-state index in [4.69, 9.17) is 4.74 Å². The van der Waals surface area contributed by atoms with Gasteiger partial charge in [-0.15, -0.1) is 0 Å². The summed E-state index contributed by atoms with van der Waals surface area (Å²) in [5, 5.41) is 15.7. The Morgan fingerprint density at radius 1 is 1.00 bits per heavy atom. The Morgan fingerprint density at radius 3 is 2.26 bits per heavy atom. The Bertz CT molecular complexity index is 1200. The van der Waals surface area contributed by atoms with Crippen molar-refractivity contribution in [3.05, 3.63) is 54.6 Å². The maximum atomic E-state index is 13.8. The van der Waals surface area contributed by atoms with Crippen LogP contribution in [0.3, 0.4) is 0 Å². The van der Waals surface area contributed by atoms with E-state index in [1.54, 1.807) is 12.1 Å². The molecule has 0 saturated carbocycles. The van der Waals surface area contributed by atoms with Crippen LogP contribution in [-0.4, -0.2) is 71.2 Å². The van der Waals surface area contributed by atoms with E-state index < -0.39 is 29.1 Å². The first-order valence-electron chi connectivity index (χ1n) is 13.4. The molecule has 0 radical (unpaired) electrons. The summed E-state index contributed by atoms with van der Waals surface area (Å²) < 4.78 is 6.57. The second-order valence-electron chi connectivity index (χ2n) is 10.5. The second kappa shape index (κ2) is 10.0. The van der Waals surface area contributed by atoms with Crippen LogP contribution in [0.2, 0.25) is 0 Å². The van der Waals surface area contributed by atoms with Crippen molar-refractivity contribution in [2.24, 2.45) is 11.8 Å². The number of aliphatic hydroxyl groups excluding tert-OH is 1. The zero-order valence-electron chi connectivity index (χ0n) is 22.1. The number of benzene rings is 2. The van der Waals surface area contributed by atoms with Crippen LogP contribution in [0.25, 0.3) is 0 Å². The monoisotopic (exact) mass is 520 g/mol. The summed E-state index contributed by atoms with van der Waals surface area (Å²) in [6.07, 6.45) is 1.04. The first-order chi connectivity index (χ1) is 18.3. The van der Waals surface area contributed by atoms with Gasteiger partial charge in [0.05, 0.1) is 24.0 Å². The smallest absolute Gasteiger partial charge is 0.250 e. The topological polar surface area (TPSA) is 111 Å². The second-order valence-corrected chi connectivity index (χ2v) is 10.5. The minimum Gasteiger partial charge on any atom is -0.395 e. The lowest BCUT2D eigenvalue weighted by atomic mass is 9.66. The van der Waals surface area contributed by atoms with Gasteiger partial charge in [0.25, 0.3) is 0 Å². The van der Waals surface area contributed by atoms with Gasteiger partial charge in [-0.2, -0.15) is 0 Å². The van der Waals surface area contributed by atoms with E-state index in [2.05, 4.69) is 29.4 Å². The van der Waals surface area contributed by atoms with E-state index in [0.29, 0.717) is 24.2 Å². The number of carbonyl (C=O) groups excluding carboxylic acids is 3. The maximum absolute atomic E-state index is 13.8. The Kier molecular flexibility index (Phi) is 6.92. The van der Waals surface area contributed by atoms with Crippen molar-refractivity contribution in [3.8, 4) is 0 Å². The number of amides is 3. The number of para-hydroxylation sites is 1. The van der Waals surface area contributed by atoms with E-state index in [0.717, 1.165) is 18.8 Å². The molecule has 202 valence electrons. The van der Waals surface area contributed by atoms with Gasteiger partial charge in [-0.3, -0.25) is 14.4 Å². The lowest BCUT2D eigenvalue weighted by Crippen LogP contribution is -2.53. The van der Waals surface area contributed by atoms with Gasteiger partial charge in [0.1, 0.15) is 11.6 Å². The fourth-order valence-corrected chi connectivity index (χ4v) is 6.77. The van der Waals surface area contributed by atoms with Gasteiger partial charge in [-0.05, 0) is 70.0 Å². The molecule has 2 aromatic carbocycles. The van der Waals surface area contributed by atoms with Crippen LogP contribution in [0, 0.1) is 11.8 Å². The van der Waals surface area contributed by atoms with E-state index in [9.17, 15) is 19.5 Å². The number of aliphatic hydroxyl groups is 1. The molecule has 0 aliphatic carbocycles. The van der Waals surface area contributed by atoms with E-state index in [-0.39, 0.29) is 30.9 Å². The van der Waals surface area contributed by atoms with Gasteiger partial charge in [-0.25, -0.2) is 0 Å². The molecule has 9 nitrogen and oxygen atoms in total. The van der Waals surface area contributed by atoms with Crippen molar-refractivity contribution in [3.63, 3.8) is 0 Å². The molecule has 0 aromatic heterocycles. The molecule has 3 fully saturated rings. The quantitative estimate of drug-likeness (QED) is 0.469. The minimum atomic E-state index is -1.13. The van der Waals surface area contributed by atoms with Crippen LogP contribution < -0.4 is 15.5 Å². The zero-order valence-corrected chi connectivity index (χ0v) is 22.1. The highest BCUT2D eigenvalue weighted by Crippen LogP contribution is 2.63. The minimum absolute atomic E-state index is 0.0107. The highest BCUT2D eigenvalue weighted by Gasteiger charge is 2.77. The number of hydrogen-bond donors (Lipinski definition) is 3. The van der Waals surface area contributed by atoms with Crippen molar-refractivity contribution < 1.29 is 24.2 Å². The fourth-order valence-electron chi connectivity index (χ4n) is 6.77. The average Bonchev–Trinajstić information content (AvgIpc) is 3.47. The number of nitrogens with zero attached hydrogens (tertiary/aromatic N) is 2. The molecule has 2 aromatic rings. The van der Waals surface area contributed by atoms with E-state index >= 15 is 0 Å². The molecule has 3 amide bonds. The lowest BCUT2D eigenvalue weighted by molar-refractivity contribution is -0.143. The molecule has 5 rings (SSSR count). The third kappa shape index (κ3) is 4.14. The molecule has 3 aliphatic heterocycles. The molecule has 2 bridgehead atoms. The van der Waals surface area contributed by atoms with Crippen LogP contribution in [0.5, 0.6) is 0 Å². The summed E-state index contributed by atoms with van der Waals surface area (Å²) in [6, 6.07) is 15.8. The highest BCUT2D eigenvalue weighted by molar-refractivity contribution is 6.05. The zero-order chi connectivity index (χ0) is 27.1. The number of nitrogens with one attached hydrogen (secondary N) is 2. The maximum Gasteiger partial charge on any atom is 0.250 e. The van der Waals surface area contributed by atoms with Crippen LogP contribution in [-0.2, 0) is 19.1 Å². The molecule has 3 aliphatic rings. The Balaban J connectivity index is 1.43. The molecule has 38 heavy (non-hydrogen) atoms. The third-order valence-electron chi connectivity index (χ3n) is 8.45. The van der Waals surface area contributed by atoms with Crippen LogP contribution >= 0.6 is 0 Å². The van der Waals surface area contributed by atoms with Crippen LogP contribution in [0.4, 0.5) is 17.1 Å². The number of carbonyl (C=O) groups is 3. The molecule has 3 N–H and O–H groups in total. The van der Waals surface area contributed by atoms with Gasteiger partial charge in [-0.1, -0.05) is 18.2 Å². The SMILES string of the molecule is CCN(CC)c1ccc(NC(=O)C2N(CCO)C(=O)[C@@H]3[C@H](C(=O)Nc4ccccc4)[C@]4(C)CCC23O4)cc1. The van der Waals surface area contributed by atoms with E-state index in [1.807, 2.05) is 49.4 Å². The van der Waals surface area contributed by atoms with Gasteiger partial charge >= 0.3 is 0 Å². The molecule has 9 heteroatoms. The molecule has 3 heterocycles. The van der Waals surface area contributed by atoms with Crippen LogP contribution in [0.15, 0.2) is 54.6 Å².